The van der Waals surface area contributed by atoms with Crippen LogP contribution in [0.1, 0.15) is 13.8 Å². The first-order valence-electron chi connectivity index (χ1n) is 2.46. The van der Waals surface area contributed by atoms with E-state index in [2.05, 4.69) is 47.8 Å². The third kappa shape index (κ3) is 2.68. The fraction of sp³-hybridized carbons (Fsp3) is 0.800. The molecule has 0 aromatic carbocycles. The number of hydrogen-bond donors (Lipinski definition) is 0. The lowest BCUT2D eigenvalue weighted by molar-refractivity contribution is -0.110. The molecule has 0 saturated heterocycles. The van der Waals surface area contributed by atoms with Gasteiger partial charge in [-0.25, -0.2) is 0 Å². The van der Waals surface area contributed by atoms with Crippen LogP contribution in [0.2, 0.25) is 0 Å². The summed E-state index contributed by atoms with van der Waals surface area (Å²) < 4.78 is -0.676. The monoisotopic (exact) mass is 320 g/mol. The second kappa shape index (κ2) is 3.49. The van der Waals surface area contributed by atoms with Gasteiger partial charge in [0.25, 0.3) is 0 Å². The molecule has 0 fully saturated rings. The third-order valence-electron chi connectivity index (χ3n) is 0.987. The standard InChI is InChI=1S/C5H7Br3O/c1-3(2)5(7,8)4(6)9/h3H,1-2H3. The van der Waals surface area contributed by atoms with Crippen LogP contribution in [0.25, 0.3) is 0 Å². The van der Waals surface area contributed by atoms with Crippen LogP contribution in [0.15, 0.2) is 0 Å². The average molecular weight is 323 g/mol. The Morgan fingerprint density at radius 3 is 1.78 bits per heavy atom. The van der Waals surface area contributed by atoms with Crippen LogP contribution >= 0.6 is 47.8 Å². The van der Waals surface area contributed by atoms with E-state index in [4.69, 9.17) is 0 Å². The van der Waals surface area contributed by atoms with Gasteiger partial charge in [-0.1, -0.05) is 45.7 Å². The van der Waals surface area contributed by atoms with Crippen molar-refractivity contribution in [3.8, 4) is 0 Å². The number of carbonyl (C=O) groups excluding carboxylic acids is 1. The Kier molecular flexibility index (Phi) is 3.92. The Labute approximate surface area is 80.0 Å². The van der Waals surface area contributed by atoms with E-state index >= 15 is 0 Å². The molecular weight excluding hydrogens is 316 g/mol. The van der Waals surface area contributed by atoms with E-state index in [0.717, 1.165) is 0 Å². The predicted octanol–water partition coefficient (Wildman–Crippen LogP) is 3.05. The summed E-state index contributed by atoms with van der Waals surface area (Å²) in [5, 5.41) is 0. The number of hydrogen-bond acceptors (Lipinski definition) is 1. The molecule has 0 aliphatic rings. The van der Waals surface area contributed by atoms with Gasteiger partial charge in [0.05, 0.1) is 0 Å². The lowest BCUT2D eigenvalue weighted by Crippen LogP contribution is -2.26. The summed E-state index contributed by atoms with van der Waals surface area (Å²) in [6.45, 7) is 3.89. The van der Waals surface area contributed by atoms with Crippen LogP contribution in [0, 0.1) is 5.92 Å². The lowest BCUT2D eigenvalue weighted by atomic mass is 10.1. The predicted molar refractivity (Wildman–Crippen MR) is 49.4 cm³/mol. The molecule has 9 heavy (non-hydrogen) atoms. The van der Waals surface area contributed by atoms with Gasteiger partial charge in [-0.15, -0.1) is 0 Å². The van der Waals surface area contributed by atoms with Gasteiger partial charge in [0, 0.05) is 0 Å². The molecule has 0 atom stereocenters. The molecule has 0 aliphatic heterocycles. The molecule has 0 saturated carbocycles. The third-order valence-corrected chi connectivity index (χ3v) is 5.23. The second-order valence-electron chi connectivity index (χ2n) is 2.05. The average Bonchev–Trinajstić information content (AvgIpc) is 1.65. The molecule has 0 amide bonds. The summed E-state index contributed by atoms with van der Waals surface area (Å²) in [6.07, 6.45) is 0. The Morgan fingerprint density at radius 2 is 1.78 bits per heavy atom. The highest BCUT2D eigenvalue weighted by Crippen LogP contribution is 2.37. The molecule has 0 aliphatic carbocycles. The van der Waals surface area contributed by atoms with Gasteiger partial charge in [0.15, 0.2) is 3.23 Å². The van der Waals surface area contributed by atoms with Gasteiger partial charge in [-0.3, -0.25) is 4.79 Å². The summed E-state index contributed by atoms with van der Waals surface area (Å²) in [7, 11) is 0. The van der Waals surface area contributed by atoms with Gasteiger partial charge in [0.1, 0.15) is 0 Å². The van der Waals surface area contributed by atoms with Crippen molar-refractivity contribution in [1.29, 1.82) is 0 Å². The van der Waals surface area contributed by atoms with Crippen LogP contribution in [0.5, 0.6) is 0 Å². The normalized spacial score (nSPS) is 12.2. The van der Waals surface area contributed by atoms with Gasteiger partial charge in [-0.05, 0) is 21.8 Å². The maximum absolute atomic E-state index is 10.7. The zero-order valence-electron chi connectivity index (χ0n) is 5.12. The Hall–Kier alpha value is 1.11. The molecule has 0 N–H and O–H groups in total. The van der Waals surface area contributed by atoms with Crippen molar-refractivity contribution in [2.45, 2.75) is 17.1 Å². The minimum atomic E-state index is -0.597. The van der Waals surface area contributed by atoms with Gasteiger partial charge >= 0.3 is 0 Å². The number of alkyl halides is 2. The number of halogens is 3. The molecule has 0 radical (unpaired) electrons. The molecule has 0 aromatic rings. The fourth-order valence-corrected chi connectivity index (χ4v) is 0.685. The van der Waals surface area contributed by atoms with Crippen LogP contribution in [0.3, 0.4) is 0 Å². The second-order valence-corrected chi connectivity index (χ2v) is 6.34. The molecule has 0 spiro atoms. The van der Waals surface area contributed by atoms with E-state index in [1.807, 2.05) is 13.8 Å². The molecule has 0 aromatic heterocycles. The lowest BCUT2D eigenvalue weighted by Gasteiger charge is -2.19. The first-order chi connectivity index (χ1) is 3.89. The van der Waals surface area contributed by atoms with Crippen LogP contribution in [0.4, 0.5) is 0 Å². The first kappa shape index (κ1) is 10.1. The van der Waals surface area contributed by atoms with Crippen molar-refractivity contribution in [3.63, 3.8) is 0 Å². The molecule has 0 unspecified atom stereocenters. The van der Waals surface area contributed by atoms with Crippen molar-refractivity contribution >= 4 is 52.5 Å². The van der Waals surface area contributed by atoms with E-state index in [0.29, 0.717) is 0 Å². The minimum absolute atomic E-state index is 0.0787. The molecule has 1 nitrogen and oxygen atoms in total. The SMILES string of the molecule is CC(C)C(Br)(Br)C(=O)Br. The molecule has 54 valence electrons. The van der Waals surface area contributed by atoms with Crippen molar-refractivity contribution in [2.75, 3.05) is 0 Å². The van der Waals surface area contributed by atoms with Crippen molar-refractivity contribution < 1.29 is 4.79 Å². The molecule has 0 heterocycles. The maximum atomic E-state index is 10.7. The Bertz CT molecular complexity index is 119. The van der Waals surface area contributed by atoms with Crippen molar-refractivity contribution in [3.05, 3.63) is 0 Å². The van der Waals surface area contributed by atoms with Gasteiger partial charge < -0.3 is 0 Å². The van der Waals surface area contributed by atoms with Crippen LogP contribution in [-0.2, 0) is 4.79 Å². The molecule has 0 bridgehead atoms. The topological polar surface area (TPSA) is 17.1 Å². The maximum Gasteiger partial charge on any atom is 0.225 e. The van der Waals surface area contributed by atoms with Gasteiger partial charge in [-0.2, -0.15) is 0 Å². The minimum Gasteiger partial charge on any atom is -0.284 e. The zero-order valence-corrected chi connectivity index (χ0v) is 9.88. The highest BCUT2D eigenvalue weighted by atomic mass is 79.9. The van der Waals surface area contributed by atoms with Crippen LogP contribution in [-0.4, -0.2) is 7.93 Å². The quantitative estimate of drug-likeness (QED) is 0.564. The molecular formula is C5H7Br3O. The highest BCUT2D eigenvalue weighted by molar-refractivity contribution is 9.28. The Balaban J connectivity index is 4.19. The van der Waals surface area contributed by atoms with Crippen molar-refractivity contribution in [1.82, 2.24) is 0 Å². The van der Waals surface area contributed by atoms with E-state index in [1.165, 1.54) is 0 Å². The smallest absolute Gasteiger partial charge is 0.225 e. The summed E-state index contributed by atoms with van der Waals surface area (Å²) >= 11 is 9.33. The summed E-state index contributed by atoms with van der Waals surface area (Å²) in [6, 6.07) is 0. The van der Waals surface area contributed by atoms with E-state index in [1.54, 1.807) is 0 Å². The zero-order chi connectivity index (χ0) is 7.65. The van der Waals surface area contributed by atoms with Crippen LogP contribution < -0.4 is 0 Å². The van der Waals surface area contributed by atoms with E-state index in [-0.39, 0.29) is 10.6 Å². The number of rotatable bonds is 2. The molecule has 4 heteroatoms. The number of carbonyl (C=O) groups is 1. The van der Waals surface area contributed by atoms with E-state index < -0.39 is 3.23 Å². The largest absolute Gasteiger partial charge is 0.284 e. The summed E-state index contributed by atoms with van der Waals surface area (Å²) in [4.78, 5) is 10.7. The fourth-order valence-electron chi connectivity index (χ4n) is 0.227. The first-order valence-corrected chi connectivity index (χ1v) is 4.84. The van der Waals surface area contributed by atoms with E-state index in [9.17, 15) is 4.79 Å². The summed E-state index contributed by atoms with van der Waals surface area (Å²) in [5.41, 5.74) is 0. The van der Waals surface area contributed by atoms with Gasteiger partial charge in [0.2, 0.25) is 4.69 Å². The van der Waals surface area contributed by atoms with Crippen molar-refractivity contribution in [2.24, 2.45) is 5.92 Å². The summed E-state index contributed by atoms with van der Waals surface area (Å²) in [5.74, 6) is 0.226. The molecule has 0 rings (SSSR count). The Morgan fingerprint density at radius 1 is 1.44 bits per heavy atom. The highest BCUT2D eigenvalue weighted by Gasteiger charge is 2.33.